The lowest BCUT2D eigenvalue weighted by atomic mass is 9.91. The number of Topliss-reactive ketones (excluding diaryl/α,β-unsaturated/α-hetero) is 1. The number of likely N-dealkylation sites (tertiary alicyclic amines) is 1. The standard InChI is InChI=1S/C20H29FN2O2/c1-5-23-10-9-18(15(3)13-23)22(4)19(24)11-14(2)20(25)16-7-6-8-17(21)12-16/h6-8,12,14-15,18H,5,9-11,13H2,1-4H3/t14-,15-,18-/m0/s1. The zero-order valence-electron chi connectivity index (χ0n) is 15.7. The molecule has 1 aromatic carbocycles. The van der Waals surface area contributed by atoms with Crippen molar-refractivity contribution in [2.24, 2.45) is 11.8 Å². The summed E-state index contributed by atoms with van der Waals surface area (Å²) >= 11 is 0. The van der Waals surface area contributed by atoms with Gasteiger partial charge in [-0.05, 0) is 31.0 Å². The first-order chi connectivity index (χ1) is 11.8. The summed E-state index contributed by atoms with van der Waals surface area (Å²) in [5, 5.41) is 0. The minimum atomic E-state index is -0.456. The molecule has 0 spiro atoms. The molecule has 2 rings (SSSR count). The van der Waals surface area contributed by atoms with Crippen LogP contribution in [0, 0.1) is 17.7 Å². The number of benzene rings is 1. The monoisotopic (exact) mass is 348 g/mol. The van der Waals surface area contributed by atoms with Gasteiger partial charge in [-0.15, -0.1) is 0 Å². The second-order valence-electron chi connectivity index (χ2n) is 7.21. The number of ketones is 1. The fraction of sp³-hybridized carbons (Fsp3) is 0.600. The molecule has 25 heavy (non-hydrogen) atoms. The highest BCUT2D eigenvalue weighted by molar-refractivity contribution is 5.99. The summed E-state index contributed by atoms with van der Waals surface area (Å²) in [5.41, 5.74) is 0.326. The van der Waals surface area contributed by atoms with Gasteiger partial charge in [-0.2, -0.15) is 0 Å². The zero-order chi connectivity index (χ0) is 18.6. The van der Waals surface area contributed by atoms with Crippen LogP contribution in [-0.2, 0) is 4.79 Å². The van der Waals surface area contributed by atoms with Gasteiger partial charge in [0.1, 0.15) is 5.82 Å². The van der Waals surface area contributed by atoms with E-state index in [4.69, 9.17) is 0 Å². The van der Waals surface area contributed by atoms with Gasteiger partial charge in [-0.25, -0.2) is 4.39 Å². The van der Waals surface area contributed by atoms with Crippen LogP contribution in [0.4, 0.5) is 4.39 Å². The topological polar surface area (TPSA) is 40.6 Å². The van der Waals surface area contributed by atoms with E-state index in [1.807, 2.05) is 11.9 Å². The van der Waals surface area contributed by atoms with Crippen LogP contribution >= 0.6 is 0 Å². The van der Waals surface area contributed by atoms with Crippen LogP contribution in [0.2, 0.25) is 0 Å². The highest BCUT2D eigenvalue weighted by Crippen LogP contribution is 2.23. The van der Waals surface area contributed by atoms with Gasteiger partial charge in [-0.3, -0.25) is 9.59 Å². The van der Waals surface area contributed by atoms with Gasteiger partial charge >= 0.3 is 0 Å². The van der Waals surface area contributed by atoms with E-state index in [0.717, 1.165) is 26.1 Å². The number of hydrogen-bond acceptors (Lipinski definition) is 3. The average Bonchev–Trinajstić information content (AvgIpc) is 2.60. The van der Waals surface area contributed by atoms with Crippen molar-refractivity contribution in [3.8, 4) is 0 Å². The van der Waals surface area contributed by atoms with Crippen molar-refractivity contribution >= 4 is 11.7 Å². The smallest absolute Gasteiger partial charge is 0.223 e. The SMILES string of the molecule is CCN1CC[C@H](N(C)C(=O)C[C@H](C)C(=O)c2cccc(F)c2)[C@@H](C)C1. The lowest BCUT2D eigenvalue weighted by molar-refractivity contribution is -0.134. The van der Waals surface area contributed by atoms with E-state index in [1.54, 1.807) is 13.0 Å². The normalized spacial score (nSPS) is 22.4. The van der Waals surface area contributed by atoms with Crippen LogP contribution in [0.25, 0.3) is 0 Å². The maximum atomic E-state index is 13.3. The Kier molecular flexibility index (Phi) is 6.71. The maximum Gasteiger partial charge on any atom is 0.223 e. The summed E-state index contributed by atoms with van der Waals surface area (Å²) < 4.78 is 13.3. The summed E-state index contributed by atoms with van der Waals surface area (Å²) in [5.74, 6) is -0.674. The van der Waals surface area contributed by atoms with Crippen molar-refractivity contribution in [2.75, 3.05) is 26.7 Å². The first-order valence-electron chi connectivity index (χ1n) is 9.11. The maximum absolute atomic E-state index is 13.3. The van der Waals surface area contributed by atoms with Crippen molar-refractivity contribution in [1.82, 2.24) is 9.80 Å². The van der Waals surface area contributed by atoms with E-state index in [0.29, 0.717) is 11.5 Å². The predicted molar refractivity (Wildman–Crippen MR) is 97.0 cm³/mol. The molecule has 3 atom stereocenters. The first-order valence-corrected chi connectivity index (χ1v) is 9.11. The Balaban J connectivity index is 1.95. The molecule has 1 aliphatic heterocycles. The van der Waals surface area contributed by atoms with Gasteiger partial charge in [0.2, 0.25) is 5.91 Å². The molecule has 1 amide bonds. The Hall–Kier alpha value is -1.75. The molecule has 1 aromatic rings. The molecule has 0 radical (unpaired) electrons. The largest absolute Gasteiger partial charge is 0.342 e. The zero-order valence-corrected chi connectivity index (χ0v) is 15.7. The molecule has 4 nitrogen and oxygen atoms in total. The second kappa shape index (κ2) is 8.56. The number of carbonyl (C=O) groups excluding carboxylic acids is 2. The van der Waals surface area contributed by atoms with Gasteiger partial charge in [0.05, 0.1) is 0 Å². The third-order valence-electron chi connectivity index (χ3n) is 5.32. The Morgan fingerprint density at radius 3 is 2.72 bits per heavy atom. The molecule has 0 aliphatic carbocycles. The third-order valence-corrected chi connectivity index (χ3v) is 5.32. The third kappa shape index (κ3) is 4.88. The molecule has 0 bridgehead atoms. The fourth-order valence-electron chi connectivity index (χ4n) is 3.69. The molecular weight excluding hydrogens is 319 g/mol. The second-order valence-corrected chi connectivity index (χ2v) is 7.21. The molecule has 5 heteroatoms. The van der Waals surface area contributed by atoms with E-state index >= 15 is 0 Å². The quantitative estimate of drug-likeness (QED) is 0.741. The molecule has 0 aromatic heterocycles. The molecule has 0 saturated carbocycles. The highest BCUT2D eigenvalue weighted by atomic mass is 19.1. The molecule has 1 heterocycles. The van der Waals surface area contributed by atoms with E-state index in [1.165, 1.54) is 18.2 Å². The summed E-state index contributed by atoms with van der Waals surface area (Å²) in [6.45, 7) is 9.10. The minimum absolute atomic E-state index is 0.0148. The highest BCUT2D eigenvalue weighted by Gasteiger charge is 2.31. The Morgan fingerprint density at radius 2 is 2.12 bits per heavy atom. The Labute approximate surface area is 150 Å². The number of piperidine rings is 1. The van der Waals surface area contributed by atoms with Gasteiger partial charge in [0.15, 0.2) is 5.78 Å². The van der Waals surface area contributed by atoms with Crippen LogP contribution in [0.5, 0.6) is 0 Å². The van der Waals surface area contributed by atoms with Crippen molar-refractivity contribution in [3.05, 3.63) is 35.6 Å². The van der Waals surface area contributed by atoms with Crippen LogP contribution in [-0.4, -0.2) is 54.2 Å². The lowest BCUT2D eigenvalue weighted by Crippen LogP contribution is -2.50. The van der Waals surface area contributed by atoms with Crippen LogP contribution in [0.3, 0.4) is 0 Å². The molecular formula is C20H29FN2O2. The number of rotatable bonds is 6. The summed E-state index contributed by atoms with van der Waals surface area (Å²) in [6, 6.07) is 5.87. The number of hydrogen-bond donors (Lipinski definition) is 0. The van der Waals surface area contributed by atoms with Crippen LogP contribution in [0.1, 0.15) is 44.0 Å². The number of carbonyl (C=O) groups is 2. The van der Waals surface area contributed by atoms with E-state index in [-0.39, 0.29) is 24.2 Å². The van der Waals surface area contributed by atoms with Crippen LogP contribution in [0.15, 0.2) is 24.3 Å². The van der Waals surface area contributed by atoms with E-state index < -0.39 is 11.7 Å². The summed E-state index contributed by atoms with van der Waals surface area (Å²) in [4.78, 5) is 29.3. The number of halogens is 1. The molecule has 1 fully saturated rings. The van der Waals surface area contributed by atoms with E-state index in [9.17, 15) is 14.0 Å². The minimum Gasteiger partial charge on any atom is -0.342 e. The molecule has 138 valence electrons. The molecule has 0 N–H and O–H groups in total. The van der Waals surface area contributed by atoms with Crippen molar-refractivity contribution < 1.29 is 14.0 Å². The summed E-state index contributed by atoms with van der Waals surface area (Å²) in [6.07, 6.45) is 1.12. The van der Waals surface area contributed by atoms with Crippen LogP contribution < -0.4 is 0 Å². The van der Waals surface area contributed by atoms with Crippen molar-refractivity contribution in [1.29, 1.82) is 0 Å². The van der Waals surface area contributed by atoms with Crippen molar-refractivity contribution in [2.45, 2.75) is 39.7 Å². The average molecular weight is 348 g/mol. The lowest BCUT2D eigenvalue weighted by Gasteiger charge is -2.41. The first kappa shape index (κ1) is 19.6. The van der Waals surface area contributed by atoms with Gasteiger partial charge < -0.3 is 9.80 Å². The van der Waals surface area contributed by atoms with E-state index in [2.05, 4.69) is 18.7 Å². The van der Waals surface area contributed by atoms with Gasteiger partial charge in [0.25, 0.3) is 0 Å². The molecule has 1 saturated heterocycles. The Morgan fingerprint density at radius 1 is 1.40 bits per heavy atom. The Bertz CT molecular complexity index is 619. The fourth-order valence-corrected chi connectivity index (χ4v) is 3.69. The molecule has 1 aliphatic rings. The van der Waals surface area contributed by atoms with Gasteiger partial charge in [0, 0.05) is 44.1 Å². The predicted octanol–water partition coefficient (Wildman–Crippen LogP) is 3.22. The van der Waals surface area contributed by atoms with Gasteiger partial charge in [-0.1, -0.05) is 32.9 Å². The van der Waals surface area contributed by atoms with Crippen molar-refractivity contribution in [3.63, 3.8) is 0 Å². The number of amides is 1. The molecule has 0 unspecified atom stereocenters. The summed E-state index contributed by atoms with van der Waals surface area (Å²) in [7, 11) is 1.84. The number of nitrogens with zero attached hydrogens (tertiary/aromatic N) is 2.